The number of carbonyl (C=O) groups is 2. The smallest absolute Gasteiger partial charge is 0.266 e. The minimum absolute atomic E-state index is 0.241. The maximum absolute atomic E-state index is 12.2. The summed E-state index contributed by atoms with van der Waals surface area (Å²) < 4.78 is 0.241. The van der Waals surface area contributed by atoms with Crippen molar-refractivity contribution < 1.29 is 14.7 Å². The zero-order valence-electron chi connectivity index (χ0n) is 11.0. The second kappa shape index (κ2) is 5.76. The van der Waals surface area contributed by atoms with Crippen molar-refractivity contribution in [3.63, 3.8) is 0 Å². The molecule has 0 N–H and O–H groups in total. The Balaban J connectivity index is 2.30. The number of nitrogens with zero attached hydrogens (tertiary/aromatic N) is 1. The number of carbonyl (C=O) groups excluding carboxylic acids is 2. The Hall–Kier alpha value is -1.66. The summed E-state index contributed by atoms with van der Waals surface area (Å²) in [5.74, 6) is -1.71. The molecule has 1 heterocycles. The van der Waals surface area contributed by atoms with Crippen molar-refractivity contribution in [3.05, 3.63) is 40.3 Å². The molecule has 0 spiro atoms. The van der Waals surface area contributed by atoms with Gasteiger partial charge in [0.25, 0.3) is 5.91 Å². The quantitative estimate of drug-likeness (QED) is 0.623. The number of benzene rings is 1. The third-order valence-corrected chi connectivity index (χ3v) is 4.22. The average Bonchev–Trinajstić information content (AvgIpc) is 2.63. The number of aryl methyl sites for hydroxylation is 1. The molecule has 1 aliphatic heterocycles. The Morgan fingerprint density at radius 2 is 2.20 bits per heavy atom. The fourth-order valence-corrected chi connectivity index (χ4v) is 3.25. The predicted octanol–water partition coefficient (Wildman–Crippen LogP) is 1.33. The second-order valence-corrected chi connectivity index (χ2v) is 6.14. The fourth-order valence-electron chi connectivity index (χ4n) is 1.83. The molecule has 0 unspecified atom stereocenters. The van der Waals surface area contributed by atoms with Crippen molar-refractivity contribution in [1.29, 1.82) is 0 Å². The van der Waals surface area contributed by atoms with E-state index >= 15 is 0 Å². The van der Waals surface area contributed by atoms with Crippen molar-refractivity contribution >= 4 is 46.3 Å². The first-order chi connectivity index (χ1) is 9.40. The van der Waals surface area contributed by atoms with Crippen LogP contribution < -0.4 is 5.11 Å². The first-order valence-electron chi connectivity index (χ1n) is 5.94. The molecule has 1 aromatic carbocycles. The van der Waals surface area contributed by atoms with Crippen LogP contribution >= 0.6 is 24.0 Å². The first-order valence-corrected chi connectivity index (χ1v) is 7.17. The standard InChI is InChI=1S/C14H13NO3S2/c1-8-4-3-5-10(6-8)7-11-12(16)15(14(19)20-11)9(2)13(17)18/h3-7,9H,1-2H3,(H,17,18)/p-1/b11-7-/t9-/m1/s1. The van der Waals surface area contributed by atoms with Crippen LogP contribution in [0.4, 0.5) is 0 Å². The van der Waals surface area contributed by atoms with E-state index in [1.54, 1.807) is 6.08 Å². The van der Waals surface area contributed by atoms with Crippen molar-refractivity contribution in [3.8, 4) is 0 Å². The summed E-state index contributed by atoms with van der Waals surface area (Å²) in [4.78, 5) is 24.6. The average molecular weight is 306 g/mol. The van der Waals surface area contributed by atoms with Crippen LogP contribution in [0.25, 0.3) is 6.08 Å². The Kier molecular flexibility index (Phi) is 4.25. The van der Waals surface area contributed by atoms with E-state index in [1.807, 2.05) is 31.2 Å². The summed E-state index contributed by atoms with van der Waals surface area (Å²) in [6, 6.07) is 6.61. The van der Waals surface area contributed by atoms with Gasteiger partial charge in [0, 0.05) is 0 Å². The van der Waals surface area contributed by atoms with Gasteiger partial charge in [0.05, 0.1) is 16.9 Å². The van der Waals surface area contributed by atoms with E-state index in [4.69, 9.17) is 12.2 Å². The molecule has 2 rings (SSSR count). The summed E-state index contributed by atoms with van der Waals surface area (Å²) in [7, 11) is 0. The third-order valence-electron chi connectivity index (χ3n) is 2.89. The highest BCUT2D eigenvalue weighted by atomic mass is 32.2. The molecular formula is C14H12NO3S2-. The molecular weight excluding hydrogens is 294 g/mol. The van der Waals surface area contributed by atoms with E-state index in [1.165, 1.54) is 6.92 Å². The molecule has 0 aromatic heterocycles. The number of rotatable bonds is 3. The van der Waals surface area contributed by atoms with Gasteiger partial charge in [-0.1, -0.05) is 53.8 Å². The Bertz CT molecular complexity index is 625. The molecule has 4 nitrogen and oxygen atoms in total. The molecule has 0 radical (unpaired) electrons. The largest absolute Gasteiger partial charge is 0.548 e. The number of hydrogen-bond acceptors (Lipinski definition) is 5. The number of carboxylic acids is 1. The lowest BCUT2D eigenvalue weighted by Crippen LogP contribution is -2.48. The van der Waals surface area contributed by atoms with Crippen LogP contribution in [0.5, 0.6) is 0 Å². The van der Waals surface area contributed by atoms with Gasteiger partial charge in [-0.05, 0) is 25.5 Å². The molecule has 0 aliphatic carbocycles. The van der Waals surface area contributed by atoms with Gasteiger partial charge in [0.1, 0.15) is 4.32 Å². The van der Waals surface area contributed by atoms with Gasteiger partial charge in [-0.25, -0.2) is 0 Å². The monoisotopic (exact) mass is 306 g/mol. The lowest BCUT2D eigenvalue weighted by atomic mass is 10.1. The molecule has 1 saturated heterocycles. The van der Waals surface area contributed by atoms with Crippen molar-refractivity contribution in [2.45, 2.75) is 19.9 Å². The molecule has 0 saturated carbocycles. The number of thioether (sulfide) groups is 1. The van der Waals surface area contributed by atoms with Crippen LogP contribution in [0.15, 0.2) is 29.2 Å². The highest BCUT2D eigenvalue weighted by molar-refractivity contribution is 8.26. The zero-order valence-corrected chi connectivity index (χ0v) is 12.6. The van der Waals surface area contributed by atoms with Gasteiger partial charge in [-0.2, -0.15) is 0 Å². The van der Waals surface area contributed by atoms with Gasteiger partial charge in [0.2, 0.25) is 0 Å². The molecule has 20 heavy (non-hydrogen) atoms. The Morgan fingerprint density at radius 3 is 2.80 bits per heavy atom. The fraction of sp³-hybridized carbons (Fsp3) is 0.214. The van der Waals surface area contributed by atoms with Crippen LogP contribution in [0.3, 0.4) is 0 Å². The summed E-state index contributed by atoms with van der Waals surface area (Å²) in [6.07, 6.45) is 1.72. The maximum atomic E-state index is 12.2. The number of aliphatic carboxylic acids is 1. The number of carboxylic acid groups (broad SMARTS) is 1. The molecule has 104 valence electrons. The topological polar surface area (TPSA) is 60.4 Å². The minimum Gasteiger partial charge on any atom is -0.548 e. The van der Waals surface area contributed by atoms with E-state index in [9.17, 15) is 14.7 Å². The lowest BCUT2D eigenvalue weighted by molar-refractivity contribution is -0.309. The van der Waals surface area contributed by atoms with Crippen LogP contribution in [0, 0.1) is 6.92 Å². The summed E-state index contributed by atoms with van der Waals surface area (Å²) in [5, 5.41) is 10.9. The summed E-state index contributed by atoms with van der Waals surface area (Å²) in [5.41, 5.74) is 1.96. The summed E-state index contributed by atoms with van der Waals surface area (Å²) in [6.45, 7) is 3.34. The third kappa shape index (κ3) is 2.91. The second-order valence-electron chi connectivity index (χ2n) is 4.46. The molecule has 0 bridgehead atoms. The highest BCUT2D eigenvalue weighted by Gasteiger charge is 2.35. The van der Waals surface area contributed by atoms with Crippen LogP contribution in [0.2, 0.25) is 0 Å². The van der Waals surface area contributed by atoms with Crippen molar-refractivity contribution in [2.24, 2.45) is 0 Å². The van der Waals surface area contributed by atoms with E-state index < -0.39 is 17.9 Å². The van der Waals surface area contributed by atoms with E-state index in [0.717, 1.165) is 27.8 Å². The van der Waals surface area contributed by atoms with Crippen LogP contribution in [-0.2, 0) is 9.59 Å². The van der Waals surface area contributed by atoms with Gasteiger partial charge in [-0.15, -0.1) is 0 Å². The molecule has 1 atom stereocenters. The van der Waals surface area contributed by atoms with Gasteiger partial charge >= 0.3 is 0 Å². The number of thiocarbonyl (C=S) groups is 1. The lowest BCUT2D eigenvalue weighted by Gasteiger charge is -2.23. The van der Waals surface area contributed by atoms with Crippen molar-refractivity contribution in [1.82, 2.24) is 4.90 Å². The molecule has 1 aromatic rings. The molecule has 1 aliphatic rings. The SMILES string of the molecule is Cc1cccc(/C=C2\SC(=S)N([C@H](C)C(=O)[O-])C2=O)c1. The number of hydrogen-bond donors (Lipinski definition) is 0. The van der Waals surface area contributed by atoms with Crippen LogP contribution in [-0.4, -0.2) is 27.1 Å². The van der Waals surface area contributed by atoms with Gasteiger partial charge in [0.15, 0.2) is 0 Å². The van der Waals surface area contributed by atoms with E-state index in [0.29, 0.717) is 4.91 Å². The Morgan fingerprint density at radius 1 is 1.50 bits per heavy atom. The summed E-state index contributed by atoms with van der Waals surface area (Å²) >= 11 is 6.17. The zero-order chi connectivity index (χ0) is 14.9. The number of amides is 1. The predicted molar refractivity (Wildman–Crippen MR) is 80.7 cm³/mol. The molecule has 1 fully saturated rings. The van der Waals surface area contributed by atoms with Gasteiger partial charge in [-0.3, -0.25) is 9.69 Å². The van der Waals surface area contributed by atoms with Crippen LogP contribution in [0.1, 0.15) is 18.1 Å². The van der Waals surface area contributed by atoms with Crippen molar-refractivity contribution in [2.75, 3.05) is 0 Å². The normalized spacial score (nSPS) is 18.7. The molecule has 6 heteroatoms. The highest BCUT2D eigenvalue weighted by Crippen LogP contribution is 2.33. The van der Waals surface area contributed by atoms with E-state index in [-0.39, 0.29) is 4.32 Å². The molecule has 1 amide bonds. The minimum atomic E-state index is -1.32. The first kappa shape index (κ1) is 14.7. The Labute approximate surface area is 126 Å². The maximum Gasteiger partial charge on any atom is 0.266 e. The van der Waals surface area contributed by atoms with E-state index in [2.05, 4.69) is 0 Å². The van der Waals surface area contributed by atoms with Gasteiger partial charge < -0.3 is 9.90 Å².